The molecule has 0 saturated carbocycles. The molecule has 0 amide bonds. The highest BCUT2D eigenvalue weighted by molar-refractivity contribution is 4.09. The van der Waals surface area contributed by atoms with Crippen LogP contribution in [0.3, 0.4) is 0 Å². The molecular weight excluding hydrogens is 88.1 g/mol. The van der Waals surface area contributed by atoms with Gasteiger partial charge in [0.1, 0.15) is 0 Å². The van der Waals surface area contributed by atoms with Crippen LogP contribution >= 0.6 is 0 Å². The number of hydrogen-bond donors (Lipinski definition) is 1. The lowest BCUT2D eigenvalue weighted by Gasteiger charge is -1.90. The van der Waals surface area contributed by atoms with Crippen LogP contribution in [0.1, 0.15) is 6.92 Å². The molecule has 0 aliphatic rings. The predicted octanol–water partition coefficient (Wildman–Crippen LogP) is 1.18. The molecule has 0 fully saturated rings. The van der Waals surface area contributed by atoms with Gasteiger partial charge in [-0.1, -0.05) is 13.8 Å². The third kappa shape index (κ3) is 14200. The second kappa shape index (κ2) is 16.8. The van der Waals surface area contributed by atoms with Crippen molar-refractivity contribution in [2.75, 3.05) is 21.1 Å². The molecule has 2 heteroatoms. The molecule has 0 aliphatic carbocycles. The summed E-state index contributed by atoms with van der Waals surface area (Å²) >= 11 is 0. The highest BCUT2D eigenvalue weighted by atomic mass is 15.0. The average molecular weight is 105 g/mol. The Balaban J connectivity index is -0.0000000480. The van der Waals surface area contributed by atoms with Crippen LogP contribution in [0.25, 0.3) is 0 Å². The third-order valence-electron chi connectivity index (χ3n) is 0. The van der Waals surface area contributed by atoms with Gasteiger partial charge in [0.2, 0.25) is 0 Å². The van der Waals surface area contributed by atoms with Gasteiger partial charge in [-0.2, -0.15) is 0 Å². The Morgan fingerprint density at radius 2 is 1.00 bits per heavy atom. The van der Waals surface area contributed by atoms with E-state index in [0.29, 0.717) is 0 Å². The van der Waals surface area contributed by atoms with E-state index in [1.165, 1.54) is 0 Å². The Bertz CT molecular complexity index is 10.8. The molecule has 0 aromatic rings. The van der Waals surface area contributed by atoms with Gasteiger partial charge in [0.25, 0.3) is 0 Å². The molecule has 0 saturated heterocycles. The Morgan fingerprint density at radius 1 is 1.00 bits per heavy atom. The van der Waals surface area contributed by atoms with Crippen LogP contribution in [0.15, 0.2) is 0 Å². The van der Waals surface area contributed by atoms with E-state index in [1.807, 2.05) is 26.0 Å². The van der Waals surface area contributed by atoms with Crippen LogP contribution in [0.2, 0.25) is 0 Å². The van der Waals surface area contributed by atoms with Crippen molar-refractivity contribution >= 4 is 0 Å². The lowest BCUT2D eigenvalue weighted by molar-refractivity contribution is 0.505. The second-order valence-electron chi connectivity index (χ2n) is 1.34. The smallest absolute Gasteiger partial charge is 0.0140 e. The minimum atomic E-state index is 0. The first-order valence-corrected chi connectivity index (χ1v) is 2.05. The van der Waals surface area contributed by atoms with Crippen LogP contribution in [-0.2, 0) is 0 Å². The number of rotatable bonds is 0. The molecule has 2 nitrogen and oxygen atoms in total. The molecule has 0 aromatic heterocycles. The summed E-state index contributed by atoms with van der Waals surface area (Å²) in [5.41, 5.74) is 0. The van der Waals surface area contributed by atoms with E-state index in [2.05, 4.69) is 6.92 Å². The van der Waals surface area contributed by atoms with E-state index in [0.717, 1.165) is 0 Å². The van der Waals surface area contributed by atoms with Crippen molar-refractivity contribution in [1.82, 2.24) is 11.1 Å². The zero-order valence-corrected chi connectivity index (χ0v) is 5.86. The molecule has 1 radical (unpaired) electrons. The van der Waals surface area contributed by atoms with Crippen molar-refractivity contribution in [1.29, 1.82) is 0 Å². The summed E-state index contributed by atoms with van der Waals surface area (Å²) in [6.07, 6.45) is 0. The summed E-state index contributed by atoms with van der Waals surface area (Å²) in [5, 5.41) is 0. The maximum Gasteiger partial charge on any atom is -0.0140 e. The molecule has 0 rings (SSSR count). The molecule has 0 heterocycles. The van der Waals surface area contributed by atoms with Crippen LogP contribution in [0.4, 0.5) is 0 Å². The standard InChI is InChI=1S/C3H9N.C2H5.H3N/c1-4(2)3;1-2;/h1-3H3;1H2,2H3;1H3. The fraction of sp³-hybridized carbons (Fsp3) is 0.800. The molecule has 0 spiro atoms. The van der Waals surface area contributed by atoms with Gasteiger partial charge in [0.05, 0.1) is 0 Å². The summed E-state index contributed by atoms with van der Waals surface area (Å²) in [7, 11) is 6.00. The van der Waals surface area contributed by atoms with Crippen LogP contribution in [-0.4, -0.2) is 26.0 Å². The van der Waals surface area contributed by atoms with Crippen LogP contribution < -0.4 is 6.15 Å². The molecule has 0 aliphatic heterocycles. The quantitative estimate of drug-likeness (QED) is 0.502. The summed E-state index contributed by atoms with van der Waals surface area (Å²) in [5.74, 6) is 0. The van der Waals surface area contributed by atoms with Crippen molar-refractivity contribution in [3.05, 3.63) is 6.92 Å². The zero-order valence-electron chi connectivity index (χ0n) is 5.86. The van der Waals surface area contributed by atoms with Crippen LogP contribution in [0, 0.1) is 6.92 Å². The Morgan fingerprint density at radius 3 is 1.00 bits per heavy atom. The van der Waals surface area contributed by atoms with E-state index in [1.54, 1.807) is 6.92 Å². The predicted molar refractivity (Wildman–Crippen MR) is 35.7 cm³/mol. The molecule has 7 heavy (non-hydrogen) atoms. The first kappa shape index (κ1) is 15.8. The van der Waals surface area contributed by atoms with Gasteiger partial charge < -0.3 is 11.1 Å². The third-order valence-corrected chi connectivity index (χ3v) is 0. The van der Waals surface area contributed by atoms with Gasteiger partial charge >= 0.3 is 0 Å². The molecule has 3 N–H and O–H groups in total. The van der Waals surface area contributed by atoms with Crippen molar-refractivity contribution < 1.29 is 0 Å². The van der Waals surface area contributed by atoms with Crippen molar-refractivity contribution in [3.63, 3.8) is 0 Å². The molecule has 0 bridgehead atoms. The maximum absolute atomic E-state index is 3.25. The minimum absolute atomic E-state index is 0. The molecular formula is C5H17N2. The Hall–Kier alpha value is -0.0800. The van der Waals surface area contributed by atoms with Gasteiger partial charge in [-0.25, -0.2) is 0 Å². The van der Waals surface area contributed by atoms with E-state index in [9.17, 15) is 0 Å². The fourth-order valence-electron chi connectivity index (χ4n) is 0. The Kier molecular flexibility index (Phi) is 37.9. The zero-order chi connectivity index (χ0) is 5.58. The van der Waals surface area contributed by atoms with E-state index in [-0.39, 0.29) is 6.15 Å². The summed E-state index contributed by atoms with van der Waals surface area (Å²) in [4.78, 5) is 2.00. The van der Waals surface area contributed by atoms with Crippen molar-refractivity contribution in [2.45, 2.75) is 6.92 Å². The average Bonchev–Trinajstić information content (AvgIpc) is 1.41. The topological polar surface area (TPSA) is 38.2 Å². The lowest BCUT2D eigenvalue weighted by atomic mass is 11.0. The molecule has 47 valence electrons. The van der Waals surface area contributed by atoms with Crippen molar-refractivity contribution in [3.8, 4) is 0 Å². The first-order chi connectivity index (χ1) is 2.73. The van der Waals surface area contributed by atoms with Gasteiger partial charge in [-0.3, -0.25) is 0 Å². The Labute approximate surface area is 47.1 Å². The highest BCUT2D eigenvalue weighted by Crippen LogP contribution is 1.47. The molecule has 0 atom stereocenters. The van der Waals surface area contributed by atoms with Gasteiger partial charge in [0, 0.05) is 0 Å². The highest BCUT2D eigenvalue weighted by Gasteiger charge is 1.58. The van der Waals surface area contributed by atoms with Gasteiger partial charge in [-0.05, 0) is 21.1 Å². The fourth-order valence-corrected chi connectivity index (χ4v) is 0. The summed E-state index contributed by atoms with van der Waals surface area (Å²) in [6.45, 7) is 5.00. The molecule has 0 unspecified atom stereocenters. The SMILES string of the molecule is CN(C)C.N.[CH2]C. The normalized spacial score (nSPS) is 6.00. The second-order valence-corrected chi connectivity index (χ2v) is 1.34. The number of nitrogens with zero attached hydrogens (tertiary/aromatic N) is 1. The van der Waals surface area contributed by atoms with Crippen molar-refractivity contribution in [2.24, 2.45) is 0 Å². The monoisotopic (exact) mass is 105 g/mol. The maximum atomic E-state index is 3.25. The van der Waals surface area contributed by atoms with Crippen LogP contribution in [0.5, 0.6) is 0 Å². The first-order valence-electron chi connectivity index (χ1n) is 2.05. The van der Waals surface area contributed by atoms with E-state index < -0.39 is 0 Å². The number of hydrogen-bond acceptors (Lipinski definition) is 2. The van der Waals surface area contributed by atoms with E-state index in [4.69, 9.17) is 0 Å². The summed E-state index contributed by atoms with van der Waals surface area (Å²) in [6, 6.07) is 0. The summed E-state index contributed by atoms with van der Waals surface area (Å²) < 4.78 is 0. The minimum Gasteiger partial charge on any atom is -0.344 e. The largest absolute Gasteiger partial charge is 0.344 e. The van der Waals surface area contributed by atoms with Gasteiger partial charge in [-0.15, -0.1) is 0 Å². The molecule has 0 aromatic carbocycles. The van der Waals surface area contributed by atoms with E-state index >= 15 is 0 Å². The lowest BCUT2D eigenvalue weighted by Crippen LogP contribution is -1.99. The van der Waals surface area contributed by atoms with Gasteiger partial charge in [0.15, 0.2) is 0 Å².